The molecule has 0 amide bonds. The fourth-order valence-electron chi connectivity index (χ4n) is 5.70. The first-order valence-electron chi connectivity index (χ1n) is 11.6. The molecule has 5 unspecified atom stereocenters. The number of carbonyl (C=O) groups is 2. The Kier molecular flexibility index (Phi) is 7.39. The number of esters is 2. The number of rotatable bonds is 7. The van der Waals surface area contributed by atoms with E-state index in [4.69, 9.17) is 23.5 Å². The van der Waals surface area contributed by atoms with Gasteiger partial charge in [0.05, 0.1) is 11.8 Å². The van der Waals surface area contributed by atoms with Crippen molar-refractivity contribution in [2.75, 3.05) is 26.4 Å². The Morgan fingerprint density at radius 2 is 1.26 bits per heavy atom. The molecule has 2 bridgehead atoms. The van der Waals surface area contributed by atoms with Crippen LogP contribution in [0.15, 0.2) is 0 Å². The van der Waals surface area contributed by atoms with Gasteiger partial charge in [-0.3, -0.25) is 14.1 Å². The summed E-state index contributed by atoms with van der Waals surface area (Å²) in [6.45, 7) is 1.27. The summed E-state index contributed by atoms with van der Waals surface area (Å²) in [5, 5.41) is -5.74. The van der Waals surface area contributed by atoms with Gasteiger partial charge in [-0.1, -0.05) is 0 Å². The maximum atomic E-state index is 14.8. The van der Waals surface area contributed by atoms with Crippen molar-refractivity contribution in [2.45, 2.75) is 61.9 Å². The van der Waals surface area contributed by atoms with E-state index in [1.54, 1.807) is 0 Å². The number of halogens is 4. The summed E-state index contributed by atoms with van der Waals surface area (Å²) in [6, 6.07) is 0. The highest BCUT2D eigenvalue weighted by Crippen LogP contribution is 2.59. The quantitative estimate of drug-likeness (QED) is 0.299. The first-order valence-corrected chi connectivity index (χ1v) is 13.1. The molecule has 200 valence electrons. The second-order valence-electron chi connectivity index (χ2n) is 9.69. The van der Waals surface area contributed by atoms with Crippen molar-refractivity contribution < 1.29 is 59.1 Å². The van der Waals surface area contributed by atoms with Crippen LogP contribution in [-0.2, 0) is 38.7 Å². The zero-order valence-electron chi connectivity index (χ0n) is 18.7. The number of alkyl halides is 4. The van der Waals surface area contributed by atoms with E-state index >= 15 is 0 Å². The number of ether oxygens (including phenoxy) is 4. The fourth-order valence-corrected chi connectivity index (χ4v) is 6.20. The van der Waals surface area contributed by atoms with Gasteiger partial charge < -0.3 is 18.9 Å². The van der Waals surface area contributed by atoms with Crippen molar-refractivity contribution in [2.24, 2.45) is 29.6 Å². The average molecular weight is 533 g/mol. The molecule has 2 aliphatic carbocycles. The lowest BCUT2D eigenvalue weighted by molar-refractivity contribution is -0.223. The van der Waals surface area contributed by atoms with Crippen LogP contribution in [0.1, 0.15) is 38.5 Å². The van der Waals surface area contributed by atoms with E-state index in [-0.39, 0.29) is 6.42 Å². The zero-order chi connectivity index (χ0) is 25.6. The van der Waals surface area contributed by atoms with Crippen LogP contribution < -0.4 is 0 Å². The Labute approximate surface area is 199 Å². The van der Waals surface area contributed by atoms with Gasteiger partial charge in [-0.2, -0.15) is 26.0 Å². The van der Waals surface area contributed by atoms with Crippen molar-refractivity contribution in [3.8, 4) is 0 Å². The largest absolute Gasteiger partial charge is 0.458 e. The lowest BCUT2D eigenvalue weighted by atomic mass is 9.80. The van der Waals surface area contributed by atoms with Crippen LogP contribution in [-0.4, -0.2) is 74.7 Å². The molecule has 0 aromatic heterocycles. The molecule has 2 saturated heterocycles. The molecule has 0 radical (unpaired) electrons. The minimum atomic E-state index is -6.42. The molecule has 4 fully saturated rings. The lowest BCUT2D eigenvalue weighted by Gasteiger charge is -2.40. The molecule has 9 nitrogen and oxygen atoms in total. The van der Waals surface area contributed by atoms with Crippen LogP contribution in [0.3, 0.4) is 0 Å². The second-order valence-corrected chi connectivity index (χ2v) is 11.2. The normalized spacial score (nSPS) is 33.0. The van der Waals surface area contributed by atoms with Gasteiger partial charge in [0.1, 0.15) is 12.2 Å². The van der Waals surface area contributed by atoms with Crippen LogP contribution >= 0.6 is 0 Å². The van der Waals surface area contributed by atoms with Gasteiger partial charge in [0.15, 0.2) is 0 Å². The summed E-state index contributed by atoms with van der Waals surface area (Å²) in [5.41, 5.74) is 0. The van der Waals surface area contributed by atoms with E-state index in [0.29, 0.717) is 52.1 Å². The minimum Gasteiger partial charge on any atom is -0.458 e. The summed E-state index contributed by atoms with van der Waals surface area (Å²) in [6.07, 6.45) is -1.83. The number of hydrogen-bond donors (Lipinski definition) is 1. The molecule has 2 heterocycles. The van der Waals surface area contributed by atoms with Gasteiger partial charge in [0.2, 0.25) is 0 Å². The highest BCUT2D eigenvalue weighted by Gasteiger charge is 2.74. The molecule has 14 heteroatoms. The van der Waals surface area contributed by atoms with Crippen molar-refractivity contribution in [1.82, 2.24) is 0 Å². The zero-order valence-corrected chi connectivity index (χ0v) is 19.6. The topological polar surface area (TPSA) is 125 Å². The summed E-state index contributed by atoms with van der Waals surface area (Å²) in [7, 11) is -6.42. The van der Waals surface area contributed by atoms with Crippen LogP contribution in [0.5, 0.6) is 0 Å². The molecule has 0 aromatic carbocycles. The van der Waals surface area contributed by atoms with Gasteiger partial charge in [-0.05, 0) is 38.5 Å². The van der Waals surface area contributed by atoms with E-state index in [0.717, 1.165) is 0 Å². The van der Waals surface area contributed by atoms with Gasteiger partial charge in [-0.15, -0.1) is 0 Å². The molecule has 0 aromatic rings. The van der Waals surface area contributed by atoms with Crippen LogP contribution in [0.25, 0.3) is 0 Å². The molecular weight excluding hydrogens is 504 g/mol. The smallest absolute Gasteiger partial charge is 0.431 e. The monoisotopic (exact) mass is 532 g/mol. The molecule has 2 saturated carbocycles. The maximum absolute atomic E-state index is 14.8. The van der Waals surface area contributed by atoms with Gasteiger partial charge in [0, 0.05) is 44.2 Å². The van der Waals surface area contributed by atoms with Gasteiger partial charge in [0.25, 0.3) is 0 Å². The predicted molar refractivity (Wildman–Crippen MR) is 108 cm³/mol. The van der Waals surface area contributed by atoms with Crippen molar-refractivity contribution in [3.63, 3.8) is 0 Å². The van der Waals surface area contributed by atoms with E-state index in [1.807, 2.05) is 0 Å². The highest BCUT2D eigenvalue weighted by molar-refractivity contribution is 7.87. The molecule has 4 rings (SSSR count). The van der Waals surface area contributed by atoms with E-state index < -0.39 is 81.5 Å². The van der Waals surface area contributed by atoms with Crippen LogP contribution in [0.2, 0.25) is 0 Å². The lowest BCUT2D eigenvalue weighted by Crippen LogP contribution is -2.56. The number of fused-ring (bicyclic) bond motifs is 2. The second kappa shape index (κ2) is 9.75. The standard InChI is InChI=1S/C21H28F4O9S/c22-20(23,21(24,25)35(28,29)30)15-10-13-9-14(15)17(34-19(27)12-3-7-32-8-4-12)16(13)33-18(26)11-1-5-31-6-2-11/h11-17H,1-10H2,(H,28,29,30). The third-order valence-electron chi connectivity index (χ3n) is 7.65. The minimum absolute atomic E-state index is 0.126. The summed E-state index contributed by atoms with van der Waals surface area (Å²) in [5.74, 6) is -12.0. The van der Waals surface area contributed by atoms with Crippen molar-refractivity contribution in [3.05, 3.63) is 0 Å². The first-order chi connectivity index (χ1) is 16.3. The predicted octanol–water partition coefficient (Wildman–Crippen LogP) is 2.44. The van der Waals surface area contributed by atoms with E-state index in [1.165, 1.54) is 0 Å². The number of hydrogen-bond acceptors (Lipinski definition) is 8. The fraction of sp³-hybridized carbons (Fsp3) is 0.905. The Morgan fingerprint density at radius 3 is 1.71 bits per heavy atom. The van der Waals surface area contributed by atoms with Gasteiger partial charge in [-0.25, -0.2) is 0 Å². The molecule has 5 atom stereocenters. The summed E-state index contributed by atoms with van der Waals surface area (Å²) < 4.78 is 110. The third-order valence-corrected chi connectivity index (χ3v) is 8.57. The van der Waals surface area contributed by atoms with E-state index in [9.17, 15) is 35.6 Å². The Balaban J connectivity index is 1.56. The Bertz CT molecular complexity index is 916. The molecule has 4 aliphatic rings. The van der Waals surface area contributed by atoms with Crippen LogP contribution in [0.4, 0.5) is 17.6 Å². The van der Waals surface area contributed by atoms with E-state index in [2.05, 4.69) is 0 Å². The Hall–Kier alpha value is -1.51. The molecule has 1 N–H and O–H groups in total. The molecule has 35 heavy (non-hydrogen) atoms. The number of carbonyl (C=O) groups excluding carboxylic acids is 2. The first kappa shape index (κ1) is 26.6. The maximum Gasteiger partial charge on any atom is 0.431 e. The third kappa shape index (κ3) is 4.90. The van der Waals surface area contributed by atoms with Crippen molar-refractivity contribution in [1.29, 1.82) is 0 Å². The average Bonchev–Trinajstić information content (AvgIpc) is 3.39. The molecule has 2 aliphatic heterocycles. The van der Waals surface area contributed by atoms with Crippen molar-refractivity contribution >= 4 is 22.1 Å². The highest BCUT2D eigenvalue weighted by atomic mass is 32.2. The van der Waals surface area contributed by atoms with Gasteiger partial charge >= 0.3 is 33.2 Å². The summed E-state index contributed by atoms with van der Waals surface area (Å²) >= 11 is 0. The SMILES string of the molecule is O=C(OC1C2CC(C1OC(=O)C1CCOCC1)C(C(F)(F)C(F)(F)S(=O)(=O)O)C2)C1CCOCC1. The molecule has 0 spiro atoms. The molecular formula is C21H28F4O9S. The Morgan fingerprint density at radius 1 is 0.800 bits per heavy atom. The van der Waals surface area contributed by atoms with Crippen LogP contribution in [0, 0.1) is 29.6 Å². The summed E-state index contributed by atoms with van der Waals surface area (Å²) in [4.78, 5) is 25.5.